The molecule has 4 rings (SSSR count). The Kier molecular flexibility index (Phi) is 6.54. The number of furan rings is 1. The van der Waals surface area contributed by atoms with Gasteiger partial charge in [-0.25, -0.2) is 9.48 Å². The zero-order chi connectivity index (χ0) is 23.2. The Bertz CT molecular complexity index is 1210. The molecule has 0 fully saturated rings. The molecule has 0 aliphatic heterocycles. The van der Waals surface area contributed by atoms with Gasteiger partial charge in [-0.3, -0.25) is 4.79 Å². The fourth-order valence-corrected chi connectivity index (χ4v) is 3.21. The van der Waals surface area contributed by atoms with Crippen LogP contribution in [0.15, 0.2) is 83.6 Å². The Morgan fingerprint density at radius 3 is 2.48 bits per heavy atom. The zero-order valence-corrected chi connectivity index (χ0v) is 18.2. The third-order valence-corrected chi connectivity index (χ3v) is 4.99. The van der Waals surface area contributed by atoms with Crippen molar-refractivity contribution in [2.75, 3.05) is 7.11 Å². The second-order valence-corrected chi connectivity index (χ2v) is 7.24. The molecule has 1 atom stereocenters. The smallest absolute Gasteiger partial charge is 0.342 e. The zero-order valence-electron chi connectivity index (χ0n) is 18.2. The number of aromatic nitrogens is 2. The quantitative estimate of drug-likeness (QED) is 0.412. The summed E-state index contributed by atoms with van der Waals surface area (Å²) in [5.74, 6) is 0.213. The normalized spacial score (nSPS) is 11.6. The van der Waals surface area contributed by atoms with Crippen molar-refractivity contribution in [2.24, 2.45) is 0 Å². The number of esters is 1. The van der Waals surface area contributed by atoms with Crippen molar-refractivity contribution in [2.45, 2.75) is 19.6 Å². The molecule has 1 unspecified atom stereocenters. The predicted molar refractivity (Wildman–Crippen MR) is 121 cm³/mol. The minimum Gasteiger partial charge on any atom is -0.497 e. The van der Waals surface area contributed by atoms with E-state index in [0.29, 0.717) is 22.8 Å². The molecule has 2 heterocycles. The van der Waals surface area contributed by atoms with Crippen LogP contribution < -0.4 is 10.1 Å². The number of hydrogen-bond donors (Lipinski definition) is 1. The van der Waals surface area contributed by atoms with Crippen molar-refractivity contribution < 1.29 is 23.5 Å². The average molecular weight is 445 g/mol. The maximum absolute atomic E-state index is 13.1. The van der Waals surface area contributed by atoms with E-state index < -0.39 is 18.0 Å². The maximum Gasteiger partial charge on any atom is 0.342 e. The summed E-state index contributed by atoms with van der Waals surface area (Å²) in [5, 5.41) is 7.30. The highest BCUT2D eigenvalue weighted by Gasteiger charge is 2.24. The summed E-state index contributed by atoms with van der Waals surface area (Å²) in [4.78, 5) is 25.4. The van der Waals surface area contributed by atoms with E-state index in [1.165, 1.54) is 13.2 Å². The summed E-state index contributed by atoms with van der Waals surface area (Å²) in [6.45, 7) is 1.72. The van der Waals surface area contributed by atoms with Crippen molar-refractivity contribution in [3.63, 3.8) is 0 Å². The number of rotatable bonds is 8. The van der Waals surface area contributed by atoms with Gasteiger partial charge >= 0.3 is 5.97 Å². The summed E-state index contributed by atoms with van der Waals surface area (Å²) in [6.07, 6.45) is 2.12. The van der Waals surface area contributed by atoms with Gasteiger partial charge in [0, 0.05) is 11.8 Å². The maximum atomic E-state index is 13.1. The first-order valence-corrected chi connectivity index (χ1v) is 10.4. The largest absolute Gasteiger partial charge is 0.497 e. The van der Waals surface area contributed by atoms with Crippen molar-refractivity contribution in [1.82, 2.24) is 15.1 Å². The Morgan fingerprint density at radius 2 is 1.82 bits per heavy atom. The first kappa shape index (κ1) is 21.9. The van der Waals surface area contributed by atoms with Gasteiger partial charge in [0.2, 0.25) is 0 Å². The number of nitrogens with zero attached hydrogens (tertiary/aromatic N) is 2. The Morgan fingerprint density at radius 1 is 1.06 bits per heavy atom. The van der Waals surface area contributed by atoms with E-state index in [9.17, 15) is 9.59 Å². The standard InChI is InChI=1S/C25H23N3O5/c1-17(24(29)26-15-21-9-6-14-32-21)33-25(30)22-16-28(19-7-4-3-5-8-19)27-23(22)18-10-12-20(31-2)13-11-18/h3-14,16-17H,15H2,1-2H3,(H,26,29). The average Bonchev–Trinajstić information content (AvgIpc) is 3.53. The molecule has 2 aromatic carbocycles. The van der Waals surface area contributed by atoms with Gasteiger partial charge in [-0.05, 0) is 55.5 Å². The van der Waals surface area contributed by atoms with Gasteiger partial charge < -0.3 is 19.2 Å². The topological polar surface area (TPSA) is 95.6 Å². The number of carbonyl (C=O) groups excluding carboxylic acids is 2. The highest BCUT2D eigenvalue weighted by atomic mass is 16.5. The number of benzene rings is 2. The van der Waals surface area contributed by atoms with Gasteiger partial charge in [-0.15, -0.1) is 0 Å². The SMILES string of the molecule is COc1ccc(-c2nn(-c3ccccc3)cc2C(=O)OC(C)C(=O)NCc2ccco2)cc1. The van der Waals surface area contributed by atoms with Gasteiger partial charge in [-0.1, -0.05) is 18.2 Å². The van der Waals surface area contributed by atoms with Gasteiger partial charge in [0.05, 0.1) is 25.6 Å². The molecule has 0 radical (unpaired) electrons. The Labute approximate surface area is 190 Å². The molecule has 0 saturated heterocycles. The molecule has 8 heteroatoms. The van der Waals surface area contributed by atoms with E-state index in [-0.39, 0.29) is 12.1 Å². The summed E-state index contributed by atoms with van der Waals surface area (Å²) in [7, 11) is 1.58. The van der Waals surface area contributed by atoms with Crippen molar-refractivity contribution in [1.29, 1.82) is 0 Å². The summed E-state index contributed by atoms with van der Waals surface area (Å²) >= 11 is 0. The lowest BCUT2D eigenvalue weighted by Gasteiger charge is -2.13. The summed E-state index contributed by atoms with van der Waals surface area (Å²) in [5.41, 5.74) is 2.19. The lowest BCUT2D eigenvalue weighted by Crippen LogP contribution is -2.35. The van der Waals surface area contributed by atoms with Gasteiger partial charge in [0.25, 0.3) is 5.91 Å². The summed E-state index contributed by atoms with van der Waals surface area (Å²) in [6, 6.07) is 20.1. The van der Waals surface area contributed by atoms with Gasteiger partial charge in [0.15, 0.2) is 6.10 Å². The third-order valence-electron chi connectivity index (χ3n) is 4.99. The van der Waals surface area contributed by atoms with E-state index in [1.807, 2.05) is 42.5 Å². The number of hydrogen-bond acceptors (Lipinski definition) is 6. The van der Waals surface area contributed by atoms with Crippen LogP contribution >= 0.6 is 0 Å². The van der Waals surface area contributed by atoms with E-state index in [1.54, 1.807) is 42.3 Å². The van der Waals surface area contributed by atoms with E-state index in [0.717, 1.165) is 5.69 Å². The minimum atomic E-state index is -1.00. The second kappa shape index (κ2) is 9.86. The third kappa shape index (κ3) is 5.12. The van der Waals surface area contributed by atoms with Crippen LogP contribution in [-0.2, 0) is 16.1 Å². The minimum absolute atomic E-state index is 0.205. The molecule has 8 nitrogen and oxygen atoms in total. The van der Waals surface area contributed by atoms with E-state index in [2.05, 4.69) is 10.4 Å². The van der Waals surface area contributed by atoms with Crippen LogP contribution in [0.5, 0.6) is 5.75 Å². The monoisotopic (exact) mass is 445 g/mol. The van der Waals surface area contributed by atoms with Crippen LogP contribution in [0, 0.1) is 0 Å². The fourth-order valence-electron chi connectivity index (χ4n) is 3.21. The highest BCUT2D eigenvalue weighted by molar-refractivity contribution is 5.97. The number of carbonyl (C=O) groups is 2. The van der Waals surface area contributed by atoms with E-state index in [4.69, 9.17) is 13.9 Å². The molecule has 0 spiro atoms. The number of ether oxygens (including phenoxy) is 2. The molecule has 4 aromatic rings. The predicted octanol–water partition coefficient (Wildman–Crippen LogP) is 4.00. The second-order valence-electron chi connectivity index (χ2n) is 7.24. The molecular formula is C25H23N3O5. The molecule has 0 saturated carbocycles. The summed E-state index contributed by atoms with van der Waals surface area (Å²) < 4.78 is 17.5. The molecule has 1 amide bonds. The molecule has 0 aliphatic rings. The molecule has 33 heavy (non-hydrogen) atoms. The lowest BCUT2D eigenvalue weighted by atomic mass is 10.1. The Hall–Kier alpha value is -4.33. The molecular weight excluding hydrogens is 422 g/mol. The van der Waals surface area contributed by atoms with Gasteiger partial charge in [-0.2, -0.15) is 5.10 Å². The van der Waals surface area contributed by atoms with Crippen molar-refractivity contribution in [3.8, 4) is 22.7 Å². The number of para-hydroxylation sites is 1. The number of nitrogens with one attached hydrogen (secondary N) is 1. The van der Waals surface area contributed by atoms with Crippen LogP contribution in [0.1, 0.15) is 23.0 Å². The lowest BCUT2D eigenvalue weighted by molar-refractivity contribution is -0.129. The molecule has 0 bridgehead atoms. The highest BCUT2D eigenvalue weighted by Crippen LogP contribution is 2.26. The molecule has 2 aromatic heterocycles. The first-order chi connectivity index (χ1) is 16.0. The van der Waals surface area contributed by atoms with Crippen LogP contribution in [-0.4, -0.2) is 34.9 Å². The molecule has 0 aliphatic carbocycles. The first-order valence-electron chi connectivity index (χ1n) is 10.4. The molecule has 168 valence electrons. The van der Waals surface area contributed by atoms with Crippen LogP contribution in [0.4, 0.5) is 0 Å². The molecule has 1 N–H and O–H groups in total. The number of amides is 1. The van der Waals surface area contributed by atoms with Gasteiger partial charge in [0.1, 0.15) is 22.8 Å². The van der Waals surface area contributed by atoms with E-state index >= 15 is 0 Å². The van der Waals surface area contributed by atoms with Crippen molar-refractivity contribution >= 4 is 11.9 Å². The van der Waals surface area contributed by atoms with Crippen LogP contribution in [0.3, 0.4) is 0 Å². The Balaban J connectivity index is 1.57. The fraction of sp³-hybridized carbons (Fsp3) is 0.160. The van der Waals surface area contributed by atoms with Crippen LogP contribution in [0.2, 0.25) is 0 Å². The van der Waals surface area contributed by atoms with Crippen molar-refractivity contribution in [3.05, 3.63) is 90.5 Å². The van der Waals surface area contributed by atoms with Crippen LogP contribution in [0.25, 0.3) is 16.9 Å². The number of methoxy groups -OCH3 is 1.